The number of anilines is 1. The quantitative estimate of drug-likeness (QED) is 0.647. The predicted octanol–water partition coefficient (Wildman–Crippen LogP) is 3.85. The maximum absolute atomic E-state index is 5.48. The van der Waals surface area contributed by atoms with Gasteiger partial charge in [0.15, 0.2) is 11.5 Å². The Hall–Kier alpha value is -2.49. The smallest absolute Gasteiger partial charge is 0.161 e. The molecule has 4 heteroatoms. The second-order valence-electron chi connectivity index (χ2n) is 4.58. The third kappa shape index (κ3) is 4.24. The van der Waals surface area contributed by atoms with E-state index < -0.39 is 0 Å². The van der Waals surface area contributed by atoms with Gasteiger partial charge in [-0.2, -0.15) is 5.10 Å². The molecule has 0 spiro atoms. The van der Waals surface area contributed by atoms with Gasteiger partial charge in [0, 0.05) is 0 Å². The molecule has 0 amide bonds. The van der Waals surface area contributed by atoms with Gasteiger partial charge in [0.05, 0.1) is 25.6 Å². The molecule has 0 aliphatic heterocycles. The number of nitrogens with one attached hydrogen (secondary N) is 1. The van der Waals surface area contributed by atoms with Crippen LogP contribution in [0, 0.1) is 6.92 Å². The number of nitrogens with zero attached hydrogens (tertiary/aromatic N) is 1. The van der Waals surface area contributed by atoms with Crippen LogP contribution in [0.15, 0.2) is 47.6 Å². The highest BCUT2D eigenvalue weighted by molar-refractivity contribution is 5.81. The first-order chi connectivity index (χ1) is 10.2. The Morgan fingerprint density at radius 1 is 1.10 bits per heavy atom. The lowest BCUT2D eigenvalue weighted by molar-refractivity contribution is 0.311. The van der Waals surface area contributed by atoms with Crippen molar-refractivity contribution < 1.29 is 9.47 Å². The third-order valence-corrected chi connectivity index (χ3v) is 2.95. The average Bonchev–Trinajstić information content (AvgIpc) is 2.51. The predicted molar refractivity (Wildman–Crippen MR) is 86.6 cm³/mol. The van der Waals surface area contributed by atoms with E-state index in [1.54, 1.807) is 13.3 Å². The largest absolute Gasteiger partial charge is 0.493 e. The van der Waals surface area contributed by atoms with E-state index in [2.05, 4.69) is 17.5 Å². The van der Waals surface area contributed by atoms with E-state index in [0.29, 0.717) is 12.4 Å². The van der Waals surface area contributed by atoms with Crippen LogP contribution in [0.1, 0.15) is 18.1 Å². The van der Waals surface area contributed by atoms with Crippen molar-refractivity contribution in [2.24, 2.45) is 5.10 Å². The van der Waals surface area contributed by atoms with Crippen LogP contribution in [0.5, 0.6) is 11.5 Å². The zero-order valence-corrected chi connectivity index (χ0v) is 12.6. The van der Waals surface area contributed by atoms with Gasteiger partial charge in [-0.25, -0.2) is 0 Å². The van der Waals surface area contributed by atoms with Crippen LogP contribution in [0.3, 0.4) is 0 Å². The van der Waals surface area contributed by atoms with Crippen LogP contribution < -0.4 is 14.9 Å². The van der Waals surface area contributed by atoms with Gasteiger partial charge in [-0.1, -0.05) is 17.7 Å². The molecule has 0 unspecified atom stereocenters. The lowest BCUT2D eigenvalue weighted by Crippen LogP contribution is -1.96. The summed E-state index contributed by atoms with van der Waals surface area (Å²) in [5, 5.41) is 4.22. The maximum Gasteiger partial charge on any atom is 0.161 e. The molecule has 4 nitrogen and oxygen atoms in total. The number of benzene rings is 2. The van der Waals surface area contributed by atoms with Gasteiger partial charge in [-0.05, 0) is 49.7 Å². The Labute approximate surface area is 125 Å². The molecule has 2 aromatic rings. The van der Waals surface area contributed by atoms with Crippen LogP contribution in [0.25, 0.3) is 0 Å². The molecule has 110 valence electrons. The summed E-state index contributed by atoms with van der Waals surface area (Å²) < 4.78 is 10.8. The summed E-state index contributed by atoms with van der Waals surface area (Å²) >= 11 is 0. The summed E-state index contributed by atoms with van der Waals surface area (Å²) in [6.07, 6.45) is 1.75. The van der Waals surface area contributed by atoms with Crippen LogP contribution in [0.2, 0.25) is 0 Å². The number of ether oxygens (including phenoxy) is 2. The average molecular weight is 284 g/mol. The second kappa shape index (κ2) is 7.33. The van der Waals surface area contributed by atoms with Crippen LogP contribution in [0.4, 0.5) is 5.69 Å². The molecule has 1 N–H and O–H groups in total. The Morgan fingerprint density at radius 2 is 1.86 bits per heavy atom. The molecule has 21 heavy (non-hydrogen) atoms. The number of hydrogen-bond donors (Lipinski definition) is 1. The molecule has 0 aliphatic carbocycles. The van der Waals surface area contributed by atoms with E-state index in [0.717, 1.165) is 17.0 Å². The summed E-state index contributed by atoms with van der Waals surface area (Å²) in [5.41, 5.74) is 6.11. The third-order valence-electron chi connectivity index (χ3n) is 2.95. The fraction of sp³-hybridized carbons (Fsp3) is 0.235. The Balaban J connectivity index is 2.05. The van der Waals surface area contributed by atoms with Crippen molar-refractivity contribution in [3.05, 3.63) is 53.6 Å². The SMILES string of the molecule is CCOc1ccc(/C=N/Nc2ccc(C)cc2)cc1OC. The molecule has 0 heterocycles. The minimum absolute atomic E-state index is 0.610. The Kier molecular flexibility index (Phi) is 5.21. The Morgan fingerprint density at radius 3 is 2.52 bits per heavy atom. The summed E-state index contributed by atoms with van der Waals surface area (Å²) in [6, 6.07) is 13.8. The molecular formula is C17H20N2O2. The van der Waals surface area contributed by atoms with Gasteiger partial charge in [0.1, 0.15) is 0 Å². The highest BCUT2D eigenvalue weighted by atomic mass is 16.5. The van der Waals surface area contributed by atoms with Gasteiger partial charge >= 0.3 is 0 Å². The minimum Gasteiger partial charge on any atom is -0.493 e. The number of aryl methyl sites for hydroxylation is 1. The van der Waals surface area contributed by atoms with Crippen LogP contribution in [-0.4, -0.2) is 19.9 Å². The van der Waals surface area contributed by atoms with Gasteiger partial charge in [-0.3, -0.25) is 5.43 Å². The standard InChI is InChI=1S/C17H20N2O2/c1-4-21-16-10-7-14(11-17(16)20-3)12-18-19-15-8-5-13(2)6-9-15/h5-12,19H,4H2,1-3H3/b18-12+. The molecule has 2 aromatic carbocycles. The molecule has 2 rings (SSSR count). The van der Waals surface area contributed by atoms with Crippen molar-refractivity contribution >= 4 is 11.9 Å². The van der Waals surface area contributed by atoms with E-state index in [1.807, 2.05) is 49.4 Å². The number of rotatable bonds is 6. The summed E-state index contributed by atoms with van der Waals surface area (Å²) in [6.45, 7) is 4.61. The molecule has 0 radical (unpaired) electrons. The maximum atomic E-state index is 5.48. The highest BCUT2D eigenvalue weighted by Crippen LogP contribution is 2.27. The van der Waals surface area contributed by atoms with Crippen molar-refractivity contribution in [1.29, 1.82) is 0 Å². The molecule has 0 saturated heterocycles. The zero-order chi connectivity index (χ0) is 15.1. The summed E-state index contributed by atoms with van der Waals surface area (Å²) in [5.74, 6) is 1.44. The zero-order valence-electron chi connectivity index (χ0n) is 12.6. The van der Waals surface area contributed by atoms with E-state index in [1.165, 1.54) is 5.56 Å². The molecule has 0 aliphatic rings. The number of hydrazone groups is 1. The first-order valence-electron chi connectivity index (χ1n) is 6.89. The van der Waals surface area contributed by atoms with Crippen molar-refractivity contribution in [1.82, 2.24) is 0 Å². The molecule has 0 fully saturated rings. The van der Waals surface area contributed by atoms with Gasteiger partial charge in [-0.15, -0.1) is 0 Å². The van der Waals surface area contributed by atoms with Gasteiger partial charge < -0.3 is 9.47 Å². The van der Waals surface area contributed by atoms with E-state index in [-0.39, 0.29) is 0 Å². The topological polar surface area (TPSA) is 42.8 Å². The molecular weight excluding hydrogens is 264 g/mol. The molecule has 0 saturated carbocycles. The van der Waals surface area contributed by atoms with Crippen molar-refractivity contribution in [3.8, 4) is 11.5 Å². The van der Waals surface area contributed by atoms with Gasteiger partial charge in [0.2, 0.25) is 0 Å². The fourth-order valence-corrected chi connectivity index (χ4v) is 1.85. The normalized spacial score (nSPS) is 10.6. The van der Waals surface area contributed by atoms with E-state index >= 15 is 0 Å². The monoisotopic (exact) mass is 284 g/mol. The lowest BCUT2D eigenvalue weighted by Gasteiger charge is -2.09. The minimum atomic E-state index is 0.610. The Bertz CT molecular complexity index is 607. The van der Waals surface area contributed by atoms with Gasteiger partial charge in [0.25, 0.3) is 0 Å². The van der Waals surface area contributed by atoms with Crippen LogP contribution >= 0.6 is 0 Å². The molecule has 0 bridgehead atoms. The summed E-state index contributed by atoms with van der Waals surface area (Å²) in [7, 11) is 1.63. The second-order valence-corrected chi connectivity index (χ2v) is 4.58. The van der Waals surface area contributed by atoms with Crippen molar-refractivity contribution in [2.75, 3.05) is 19.1 Å². The fourth-order valence-electron chi connectivity index (χ4n) is 1.85. The van der Waals surface area contributed by atoms with Crippen LogP contribution in [-0.2, 0) is 0 Å². The van der Waals surface area contributed by atoms with Crippen molar-refractivity contribution in [2.45, 2.75) is 13.8 Å². The van der Waals surface area contributed by atoms with Crippen molar-refractivity contribution in [3.63, 3.8) is 0 Å². The lowest BCUT2D eigenvalue weighted by atomic mass is 10.2. The first-order valence-corrected chi connectivity index (χ1v) is 6.89. The number of methoxy groups -OCH3 is 1. The highest BCUT2D eigenvalue weighted by Gasteiger charge is 2.03. The summed E-state index contributed by atoms with van der Waals surface area (Å²) in [4.78, 5) is 0. The van der Waals surface area contributed by atoms with E-state index in [9.17, 15) is 0 Å². The first kappa shape index (κ1) is 14.9. The molecule has 0 aromatic heterocycles. The van der Waals surface area contributed by atoms with E-state index in [4.69, 9.17) is 9.47 Å². The number of hydrogen-bond acceptors (Lipinski definition) is 4. The molecule has 0 atom stereocenters.